The Hall–Kier alpha value is -2.08. The molecular formula is C15H18N4OS. The van der Waals surface area contributed by atoms with Crippen molar-refractivity contribution in [2.24, 2.45) is 0 Å². The lowest BCUT2D eigenvalue weighted by Crippen LogP contribution is -2.08. The van der Waals surface area contributed by atoms with Crippen LogP contribution in [0, 0.1) is 4.77 Å². The van der Waals surface area contributed by atoms with Gasteiger partial charge in [0.25, 0.3) is 0 Å². The quantitative estimate of drug-likeness (QED) is 0.735. The fraction of sp³-hybridized carbons (Fsp3) is 0.333. The summed E-state index contributed by atoms with van der Waals surface area (Å²) < 4.78 is 10.5. The SMILES string of the molecule is CC(C)Oc1cccc2c1[nH]c(=S)n2CCn1cccn1. The second-order valence-corrected chi connectivity index (χ2v) is 5.55. The lowest BCUT2D eigenvalue weighted by atomic mass is 10.3. The third kappa shape index (κ3) is 2.85. The summed E-state index contributed by atoms with van der Waals surface area (Å²) in [4.78, 5) is 3.25. The first-order valence-corrected chi connectivity index (χ1v) is 7.41. The van der Waals surface area contributed by atoms with Crippen molar-refractivity contribution in [2.45, 2.75) is 33.0 Å². The maximum atomic E-state index is 5.84. The molecule has 0 spiro atoms. The van der Waals surface area contributed by atoms with Crippen molar-refractivity contribution in [3.8, 4) is 5.75 Å². The molecule has 0 saturated carbocycles. The molecule has 0 aliphatic heterocycles. The number of para-hydroxylation sites is 1. The van der Waals surface area contributed by atoms with Crippen molar-refractivity contribution in [2.75, 3.05) is 0 Å². The zero-order valence-electron chi connectivity index (χ0n) is 12.1. The molecular weight excluding hydrogens is 284 g/mol. The number of imidazole rings is 1. The van der Waals surface area contributed by atoms with Gasteiger partial charge in [0.15, 0.2) is 4.77 Å². The maximum absolute atomic E-state index is 5.84. The summed E-state index contributed by atoms with van der Waals surface area (Å²) in [5, 5.41) is 4.22. The summed E-state index contributed by atoms with van der Waals surface area (Å²) >= 11 is 5.44. The highest BCUT2D eigenvalue weighted by molar-refractivity contribution is 7.71. The van der Waals surface area contributed by atoms with E-state index in [9.17, 15) is 0 Å². The molecule has 0 aliphatic carbocycles. The van der Waals surface area contributed by atoms with Gasteiger partial charge in [0.2, 0.25) is 0 Å². The van der Waals surface area contributed by atoms with Crippen molar-refractivity contribution < 1.29 is 4.74 Å². The predicted molar refractivity (Wildman–Crippen MR) is 85.1 cm³/mol. The molecule has 0 aliphatic rings. The lowest BCUT2D eigenvalue weighted by Gasteiger charge is -2.10. The predicted octanol–water partition coefficient (Wildman–Crippen LogP) is 3.38. The minimum atomic E-state index is 0.130. The molecule has 21 heavy (non-hydrogen) atoms. The number of aryl methyl sites for hydroxylation is 2. The average molecular weight is 302 g/mol. The average Bonchev–Trinajstić information content (AvgIpc) is 3.04. The first-order chi connectivity index (χ1) is 10.1. The van der Waals surface area contributed by atoms with Crippen molar-refractivity contribution >= 4 is 23.3 Å². The first-order valence-electron chi connectivity index (χ1n) is 7.01. The van der Waals surface area contributed by atoms with E-state index < -0.39 is 0 Å². The van der Waals surface area contributed by atoms with E-state index in [2.05, 4.69) is 20.7 Å². The summed E-state index contributed by atoms with van der Waals surface area (Å²) in [5.74, 6) is 0.839. The Morgan fingerprint density at radius 1 is 1.29 bits per heavy atom. The van der Waals surface area contributed by atoms with Crippen LogP contribution in [0.15, 0.2) is 36.7 Å². The van der Waals surface area contributed by atoms with E-state index in [0.29, 0.717) is 4.77 Å². The number of rotatable bonds is 5. The standard InChI is InChI=1S/C15H18N4OS/c1-11(2)20-13-6-3-5-12-14(13)17-15(21)19(12)10-9-18-8-4-7-16-18/h3-8,11H,9-10H2,1-2H3,(H,17,21). The lowest BCUT2D eigenvalue weighted by molar-refractivity contribution is 0.245. The van der Waals surface area contributed by atoms with Gasteiger partial charge in [0.05, 0.1) is 18.2 Å². The fourth-order valence-electron chi connectivity index (χ4n) is 2.36. The zero-order chi connectivity index (χ0) is 14.8. The highest BCUT2D eigenvalue weighted by Crippen LogP contribution is 2.25. The Morgan fingerprint density at radius 2 is 2.14 bits per heavy atom. The Bertz CT molecular complexity index is 786. The van der Waals surface area contributed by atoms with Gasteiger partial charge in [-0.3, -0.25) is 4.68 Å². The molecule has 1 N–H and O–H groups in total. The van der Waals surface area contributed by atoms with Crippen LogP contribution in [-0.2, 0) is 13.1 Å². The van der Waals surface area contributed by atoms with Crippen molar-refractivity contribution in [3.05, 3.63) is 41.4 Å². The van der Waals surface area contributed by atoms with Gasteiger partial charge in [0, 0.05) is 18.9 Å². The van der Waals surface area contributed by atoms with E-state index in [1.165, 1.54) is 0 Å². The Balaban J connectivity index is 1.95. The summed E-state index contributed by atoms with van der Waals surface area (Å²) in [7, 11) is 0. The van der Waals surface area contributed by atoms with Crippen molar-refractivity contribution in [1.29, 1.82) is 0 Å². The Kier molecular flexibility index (Phi) is 3.79. The maximum Gasteiger partial charge on any atom is 0.178 e. The Labute approximate surface area is 128 Å². The molecule has 110 valence electrons. The van der Waals surface area contributed by atoms with Crippen LogP contribution < -0.4 is 4.74 Å². The molecule has 3 aromatic rings. The topological polar surface area (TPSA) is 47.8 Å². The van der Waals surface area contributed by atoms with Crippen LogP contribution in [0.5, 0.6) is 5.75 Å². The van der Waals surface area contributed by atoms with Gasteiger partial charge in [-0.2, -0.15) is 5.10 Å². The van der Waals surface area contributed by atoms with Crippen LogP contribution in [0.3, 0.4) is 0 Å². The molecule has 2 aromatic heterocycles. The third-order valence-electron chi connectivity index (χ3n) is 3.25. The largest absolute Gasteiger partial charge is 0.489 e. The number of H-pyrrole nitrogens is 1. The van der Waals surface area contributed by atoms with Crippen LogP contribution in [0.2, 0.25) is 0 Å². The smallest absolute Gasteiger partial charge is 0.178 e. The van der Waals surface area contributed by atoms with Crippen LogP contribution in [0.4, 0.5) is 0 Å². The second-order valence-electron chi connectivity index (χ2n) is 5.17. The molecule has 0 unspecified atom stereocenters. The van der Waals surface area contributed by atoms with Gasteiger partial charge in [-0.25, -0.2) is 0 Å². The summed E-state index contributed by atoms with van der Waals surface area (Å²) in [6.45, 7) is 5.58. The number of hydrogen-bond acceptors (Lipinski definition) is 3. The Morgan fingerprint density at radius 3 is 2.86 bits per heavy atom. The minimum Gasteiger partial charge on any atom is -0.489 e. The van der Waals surface area contributed by atoms with E-state index in [0.717, 1.165) is 29.9 Å². The molecule has 2 heterocycles. The van der Waals surface area contributed by atoms with Gasteiger partial charge < -0.3 is 14.3 Å². The number of ether oxygens (including phenoxy) is 1. The minimum absolute atomic E-state index is 0.130. The van der Waals surface area contributed by atoms with E-state index in [1.54, 1.807) is 6.20 Å². The highest BCUT2D eigenvalue weighted by atomic mass is 32.1. The molecule has 5 nitrogen and oxygen atoms in total. The van der Waals surface area contributed by atoms with Gasteiger partial charge in [0.1, 0.15) is 11.3 Å². The third-order valence-corrected chi connectivity index (χ3v) is 3.57. The summed E-state index contributed by atoms with van der Waals surface area (Å²) in [6.07, 6.45) is 3.86. The highest BCUT2D eigenvalue weighted by Gasteiger charge is 2.10. The van der Waals surface area contributed by atoms with Crippen LogP contribution in [-0.4, -0.2) is 25.4 Å². The number of fused-ring (bicyclic) bond motifs is 1. The number of nitrogens with zero attached hydrogens (tertiary/aromatic N) is 3. The van der Waals surface area contributed by atoms with Crippen molar-refractivity contribution in [3.63, 3.8) is 0 Å². The zero-order valence-corrected chi connectivity index (χ0v) is 12.9. The summed E-state index contributed by atoms with van der Waals surface area (Å²) in [6, 6.07) is 7.93. The van der Waals surface area contributed by atoms with Gasteiger partial charge in [-0.15, -0.1) is 0 Å². The molecule has 0 radical (unpaired) electrons. The van der Waals surface area contributed by atoms with Gasteiger partial charge in [-0.05, 0) is 44.3 Å². The van der Waals surface area contributed by atoms with E-state index in [1.807, 2.05) is 42.9 Å². The molecule has 0 bridgehead atoms. The first kappa shape index (κ1) is 13.9. The number of benzene rings is 1. The molecule has 0 fully saturated rings. The number of nitrogens with one attached hydrogen (secondary N) is 1. The van der Waals surface area contributed by atoms with Crippen LogP contribution >= 0.6 is 12.2 Å². The van der Waals surface area contributed by atoms with E-state index in [4.69, 9.17) is 17.0 Å². The van der Waals surface area contributed by atoms with Gasteiger partial charge in [-0.1, -0.05) is 6.07 Å². The van der Waals surface area contributed by atoms with Gasteiger partial charge >= 0.3 is 0 Å². The normalized spacial score (nSPS) is 11.4. The molecule has 0 saturated heterocycles. The number of aromatic nitrogens is 4. The monoisotopic (exact) mass is 302 g/mol. The molecule has 3 rings (SSSR count). The fourth-order valence-corrected chi connectivity index (χ4v) is 2.65. The molecule has 6 heteroatoms. The van der Waals surface area contributed by atoms with Crippen LogP contribution in [0.25, 0.3) is 11.0 Å². The number of hydrogen-bond donors (Lipinski definition) is 1. The molecule has 1 aromatic carbocycles. The summed E-state index contributed by atoms with van der Waals surface area (Å²) in [5.41, 5.74) is 2.02. The molecule has 0 atom stereocenters. The molecule has 0 amide bonds. The van der Waals surface area contributed by atoms with E-state index >= 15 is 0 Å². The van der Waals surface area contributed by atoms with E-state index in [-0.39, 0.29) is 6.10 Å². The second kappa shape index (κ2) is 5.73. The van der Waals surface area contributed by atoms with Crippen molar-refractivity contribution in [1.82, 2.24) is 19.3 Å². The number of aromatic amines is 1. The van der Waals surface area contributed by atoms with Crippen LogP contribution in [0.1, 0.15) is 13.8 Å².